The molecule has 4 fully saturated rings. The summed E-state index contributed by atoms with van der Waals surface area (Å²) in [5.41, 5.74) is 5.59. The van der Waals surface area contributed by atoms with Crippen LogP contribution in [0.4, 0.5) is 9.59 Å². The SMILES string of the molecule is NC(=O)NC(CC(=O)OCC(=O)NC(=O)NC12CC3CC(CC(C3)C1)C2)c1ccc(Cl)cc1. The zero-order valence-electron chi connectivity index (χ0n) is 18.3. The molecule has 4 saturated carbocycles. The molecule has 0 heterocycles. The van der Waals surface area contributed by atoms with Gasteiger partial charge in [0.15, 0.2) is 6.61 Å². The minimum atomic E-state index is -0.804. The van der Waals surface area contributed by atoms with Gasteiger partial charge in [-0.1, -0.05) is 23.7 Å². The van der Waals surface area contributed by atoms with E-state index in [4.69, 9.17) is 22.1 Å². The first-order valence-corrected chi connectivity index (χ1v) is 11.7. The summed E-state index contributed by atoms with van der Waals surface area (Å²) in [6, 6.07) is 4.45. The number of nitrogens with one attached hydrogen (secondary N) is 3. The van der Waals surface area contributed by atoms with Crippen molar-refractivity contribution >= 4 is 35.5 Å². The zero-order chi connectivity index (χ0) is 23.6. The maximum absolute atomic E-state index is 12.4. The van der Waals surface area contributed by atoms with Gasteiger partial charge in [-0.25, -0.2) is 9.59 Å². The van der Waals surface area contributed by atoms with Crippen molar-refractivity contribution in [2.24, 2.45) is 23.5 Å². The number of hydrogen-bond acceptors (Lipinski definition) is 5. The minimum Gasteiger partial charge on any atom is -0.455 e. The average Bonchev–Trinajstić information content (AvgIpc) is 2.70. The average molecular weight is 477 g/mol. The standard InChI is InChI=1S/C23H29ClN4O5/c24-17-3-1-16(2-4-17)18(26-21(25)31)8-20(30)33-12-19(29)27-22(32)28-23-9-13-5-14(10-23)7-15(6-13)11-23/h1-4,13-15,18H,5-12H2,(H3,25,26,31)(H2,27,28,29,32). The smallest absolute Gasteiger partial charge is 0.321 e. The van der Waals surface area contributed by atoms with Crippen molar-refractivity contribution in [3.8, 4) is 0 Å². The summed E-state index contributed by atoms with van der Waals surface area (Å²) in [4.78, 5) is 48.1. The second kappa shape index (κ2) is 9.59. The molecule has 178 valence electrons. The molecule has 1 aromatic carbocycles. The molecule has 4 aliphatic carbocycles. The minimum absolute atomic E-state index is 0.220. The summed E-state index contributed by atoms with van der Waals surface area (Å²) in [6.45, 7) is -0.600. The number of ether oxygens (including phenoxy) is 1. The first-order chi connectivity index (χ1) is 15.7. The first kappa shape index (κ1) is 23.4. The monoisotopic (exact) mass is 476 g/mol. The Bertz CT molecular complexity index is 900. The number of benzene rings is 1. The van der Waals surface area contributed by atoms with E-state index in [9.17, 15) is 19.2 Å². The second-order valence-electron chi connectivity index (χ2n) is 9.68. The molecule has 0 saturated heterocycles. The van der Waals surface area contributed by atoms with Gasteiger partial charge in [0.2, 0.25) is 0 Å². The van der Waals surface area contributed by atoms with Gasteiger partial charge in [-0.15, -0.1) is 0 Å². The van der Waals surface area contributed by atoms with E-state index in [0.717, 1.165) is 19.3 Å². The molecule has 9 nitrogen and oxygen atoms in total. The van der Waals surface area contributed by atoms with E-state index in [0.29, 0.717) is 28.3 Å². The topological polar surface area (TPSA) is 140 Å². The van der Waals surface area contributed by atoms with E-state index in [1.165, 1.54) is 19.3 Å². The molecule has 5 rings (SSSR count). The molecule has 0 spiro atoms. The number of carbonyl (C=O) groups excluding carboxylic acids is 4. The van der Waals surface area contributed by atoms with Crippen LogP contribution in [0.2, 0.25) is 5.02 Å². The van der Waals surface area contributed by atoms with Gasteiger partial charge >= 0.3 is 18.0 Å². The largest absolute Gasteiger partial charge is 0.455 e. The van der Waals surface area contributed by atoms with Crippen LogP contribution in [0.25, 0.3) is 0 Å². The van der Waals surface area contributed by atoms with Crippen LogP contribution in [0.1, 0.15) is 56.6 Å². The van der Waals surface area contributed by atoms with Gasteiger partial charge in [0.05, 0.1) is 12.5 Å². The quantitative estimate of drug-likeness (QED) is 0.448. The summed E-state index contributed by atoms with van der Waals surface area (Å²) >= 11 is 5.87. The third-order valence-corrected chi connectivity index (χ3v) is 7.25. The third kappa shape index (κ3) is 5.96. The summed E-state index contributed by atoms with van der Waals surface area (Å²) in [7, 11) is 0. The van der Waals surface area contributed by atoms with Crippen LogP contribution >= 0.6 is 11.6 Å². The van der Waals surface area contributed by atoms with Crippen LogP contribution in [0.3, 0.4) is 0 Å². The Morgan fingerprint density at radius 3 is 2.15 bits per heavy atom. The van der Waals surface area contributed by atoms with Crippen LogP contribution in [0.15, 0.2) is 24.3 Å². The molecule has 0 radical (unpaired) electrons. The first-order valence-electron chi connectivity index (χ1n) is 11.3. The predicted octanol–water partition coefficient (Wildman–Crippen LogP) is 2.78. The fraction of sp³-hybridized carbons (Fsp3) is 0.565. The predicted molar refractivity (Wildman–Crippen MR) is 120 cm³/mol. The van der Waals surface area contributed by atoms with Gasteiger partial charge in [0.25, 0.3) is 5.91 Å². The molecule has 5 amide bonds. The Morgan fingerprint density at radius 2 is 1.61 bits per heavy atom. The number of hydrogen-bond donors (Lipinski definition) is 4. The highest BCUT2D eigenvalue weighted by molar-refractivity contribution is 6.30. The maximum Gasteiger partial charge on any atom is 0.321 e. The lowest BCUT2D eigenvalue weighted by molar-refractivity contribution is -0.148. The Kier molecular flexibility index (Phi) is 6.78. The van der Waals surface area contributed by atoms with Gasteiger partial charge in [-0.05, 0) is 74.0 Å². The van der Waals surface area contributed by atoms with E-state index in [2.05, 4.69) is 16.0 Å². The molecule has 1 aromatic rings. The third-order valence-electron chi connectivity index (χ3n) is 6.99. The van der Waals surface area contributed by atoms with Crippen molar-refractivity contribution in [1.82, 2.24) is 16.0 Å². The molecule has 4 bridgehead atoms. The van der Waals surface area contributed by atoms with Gasteiger partial charge < -0.3 is 21.1 Å². The second-order valence-corrected chi connectivity index (χ2v) is 10.1. The zero-order valence-corrected chi connectivity index (χ0v) is 19.0. The van der Waals surface area contributed by atoms with E-state index in [1.54, 1.807) is 24.3 Å². The molecule has 1 unspecified atom stereocenters. The molecule has 0 aromatic heterocycles. The number of esters is 1. The molecule has 5 N–H and O–H groups in total. The Morgan fingerprint density at radius 1 is 1.03 bits per heavy atom. The molecular formula is C23H29ClN4O5. The van der Waals surface area contributed by atoms with Crippen molar-refractivity contribution in [2.45, 2.75) is 56.5 Å². The van der Waals surface area contributed by atoms with Crippen molar-refractivity contribution < 1.29 is 23.9 Å². The van der Waals surface area contributed by atoms with E-state index >= 15 is 0 Å². The molecule has 1 atom stereocenters. The lowest BCUT2D eigenvalue weighted by Crippen LogP contribution is -2.62. The van der Waals surface area contributed by atoms with E-state index in [1.807, 2.05) is 0 Å². The number of carbonyl (C=O) groups is 4. The Labute approximate surface area is 197 Å². The normalized spacial score (nSPS) is 28.0. The van der Waals surface area contributed by atoms with Crippen molar-refractivity contribution in [3.05, 3.63) is 34.9 Å². The van der Waals surface area contributed by atoms with Gasteiger partial charge in [-0.2, -0.15) is 0 Å². The Hall–Kier alpha value is -2.81. The van der Waals surface area contributed by atoms with Crippen molar-refractivity contribution in [1.29, 1.82) is 0 Å². The fourth-order valence-electron chi connectivity index (χ4n) is 6.19. The highest BCUT2D eigenvalue weighted by Crippen LogP contribution is 2.55. The number of nitrogens with two attached hydrogens (primary N) is 1. The number of primary amides is 1. The highest BCUT2D eigenvalue weighted by atomic mass is 35.5. The van der Waals surface area contributed by atoms with E-state index < -0.39 is 36.6 Å². The maximum atomic E-state index is 12.4. The Balaban J connectivity index is 1.24. The van der Waals surface area contributed by atoms with Crippen LogP contribution in [-0.4, -0.2) is 36.1 Å². The molecule has 33 heavy (non-hydrogen) atoms. The lowest BCUT2D eigenvalue weighted by atomic mass is 9.53. The van der Waals surface area contributed by atoms with Crippen LogP contribution in [0.5, 0.6) is 0 Å². The van der Waals surface area contributed by atoms with Crippen LogP contribution in [0, 0.1) is 17.8 Å². The number of amides is 5. The number of rotatable bonds is 7. The summed E-state index contributed by atoms with van der Waals surface area (Å²) < 4.78 is 5.01. The van der Waals surface area contributed by atoms with Gasteiger partial charge in [0, 0.05) is 10.6 Å². The number of imide groups is 1. The van der Waals surface area contributed by atoms with E-state index in [-0.39, 0.29) is 12.0 Å². The number of halogens is 1. The van der Waals surface area contributed by atoms with Crippen LogP contribution < -0.4 is 21.7 Å². The van der Waals surface area contributed by atoms with Gasteiger partial charge in [-0.3, -0.25) is 14.9 Å². The fourth-order valence-corrected chi connectivity index (χ4v) is 6.32. The molecule has 4 aliphatic rings. The van der Waals surface area contributed by atoms with Crippen LogP contribution in [-0.2, 0) is 14.3 Å². The van der Waals surface area contributed by atoms with Crippen molar-refractivity contribution in [3.63, 3.8) is 0 Å². The summed E-state index contributed by atoms with van der Waals surface area (Å²) in [6.07, 6.45) is 6.41. The molecule has 10 heteroatoms. The summed E-state index contributed by atoms with van der Waals surface area (Å²) in [5.74, 6) is 0.555. The summed E-state index contributed by atoms with van der Waals surface area (Å²) in [5, 5.41) is 8.27. The van der Waals surface area contributed by atoms with Crippen molar-refractivity contribution in [2.75, 3.05) is 6.61 Å². The lowest BCUT2D eigenvalue weighted by Gasteiger charge is -2.56. The van der Waals surface area contributed by atoms with Gasteiger partial charge in [0.1, 0.15) is 0 Å². The molecule has 0 aliphatic heterocycles. The number of urea groups is 2. The molecular weight excluding hydrogens is 448 g/mol. The highest BCUT2D eigenvalue weighted by Gasteiger charge is 2.51.